The van der Waals surface area contributed by atoms with Crippen LogP contribution in [0.15, 0.2) is 24.5 Å². The fraction of sp³-hybridized carbons (Fsp3) is 0.667. The van der Waals surface area contributed by atoms with Gasteiger partial charge in [-0.2, -0.15) is 0 Å². The van der Waals surface area contributed by atoms with Crippen molar-refractivity contribution in [3.8, 4) is 0 Å². The minimum atomic E-state index is -3.02. The smallest absolute Gasteiger partial charge is 0.220 e. The summed E-state index contributed by atoms with van der Waals surface area (Å²) in [6.07, 6.45) is 9.01. The number of carbonyl (C=O) groups is 1. The molecule has 1 saturated heterocycles. The number of anilines is 1. The van der Waals surface area contributed by atoms with E-state index < -0.39 is 9.84 Å². The largest absolute Gasteiger partial charge is 0.371 e. The first-order chi connectivity index (χ1) is 11.9. The number of pyridine rings is 1. The second kappa shape index (κ2) is 7.32. The Morgan fingerprint density at radius 3 is 2.48 bits per heavy atom. The summed E-state index contributed by atoms with van der Waals surface area (Å²) < 4.78 is 23.0. The van der Waals surface area contributed by atoms with Gasteiger partial charge in [0.1, 0.15) is 9.84 Å². The van der Waals surface area contributed by atoms with Crippen molar-refractivity contribution in [1.82, 2.24) is 10.3 Å². The average molecular weight is 365 g/mol. The predicted molar refractivity (Wildman–Crippen MR) is 98.2 cm³/mol. The number of rotatable bonds is 7. The summed E-state index contributed by atoms with van der Waals surface area (Å²) in [6, 6.07) is 4.05. The molecule has 138 valence electrons. The molecule has 2 aliphatic rings. The van der Waals surface area contributed by atoms with Gasteiger partial charge in [0.25, 0.3) is 0 Å². The van der Waals surface area contributed by atoms with Gasteiger partial charge in [-0.3, -0.25) is 9.78 Å². The summed E-state index contributed by atoms with van der Waals surface area (Å²) in [5.41, 5.74) is 0.913. The van der Waals surface area contributed by atoms with E-state index in [-0.39, 0.29) is 17.1 Å². The summed E-state index contributed by atoms with van der Waals surface area (Å²) >= 11 is 0. The van der Waals surface area contributed by atoms with Crippen molar-refractivity contribution in [2.75, 3.05) is 36.5 Å². The zero-order valence-corrected chi connectivity index (χ0v) is 15.6. The maximum Gasteiger partial charge on any atom is 0.220 e. The Morgan fingerprint density at radius 2 is 1.92 bits per heavy atom. The minimum absolute atomic E-state index is 0.00212. The van der Waals surface area contributed by atoms with Gasteiger partial charge in [0.05, 0.1) is 5.75 Å². The van der Waals surface area contributed by atoms with Crippen molar-refractivity contribution in [3.63, 3.8) is 0 Å². The first kappa shape index (κ1) is 18.2. The first-order valence-corrected chi connectivity index (χ1v) is 11.0. The van der Waals surface area contributed by atoms with Crippen LogP contribution in [-0.2, 0) is 14.6 Å². The van der Waals surface area contributed by atoms with Gasteiger partial charge in [0, 0.05) is 50.4 Å². The van der Waals surface area contributed by atoms with E-state index in [4.69, 9.17) is 0 Å². The van der Waals surface area contributed by atoms with Crippen LogP contribution >= 0.6 is 0 Å². The molecular formula is C18H27N3O3S. The lowest BCUT2D eigenvalue weighted by Crippen LogP contribution is -2.39. The van der Waals surface area contributed by atoms with Crippen LogP contribution in [0.5, 0.6) is 0 Å². The van der Waals surface area contributed by atoms with Crippen LogP contribution in [-0.4, -0.2) is 51.0 Å². The molecule has 1 aromatic heterocycles. The third kappa shape index (κ3) is 5.42. The summed E-state index contributed by atoms with van der Waals surface area (Å²) in [7, 11) is -3.02. The van der Waals surface area contributed by atoms with Crippen molar-refractivity contribution < 1.29 is 13.2 Å². The average Bonchev–Trinajstić information content (AvgIpc) is 3.31. The zero-order chi connectivity index (χ0) is 17.9. The van der Waals surface area contributed by atoms with Gasteiger partial charge in [-0.05, 0) is 49.1 Å². The van der Waals surface area contributed by atoms with Gasteiger partial charge in [0.2, 0.25) is 5.91 Å². The van der Waals surface area contributed by atoms with Gasteiger partial charge >= 0.3 is 0 Å². The number of nitrogens with one attached hydrogen (secondary N) is 1. The highest BCUT2D eigenvalue weighted by atomic mass is 32.2. The van der Waals surface area contributed by atoms with Crippen molar-refractivity contribution in [3.05, 3.63) is 24.5 Å². The molecule has 0 aromatic carbocycles. The van der Waals surface area contributed by atoms with Crippen molar-refractivity contribution in [2.45, 2.75) is 32.1 Å². The molecular weight excluding hydrogens is 338 g/mol. The molecule has 2 heterocycles. The van der Waals surface area contributed by atoms with Crippen LogP contribution in [0, 0.1) is 11.3 Å². The molecule has 1 saturated carbocycles. The number of hydrogen-bond donors (Lipinski definition) is 1. The molecule has 1 amide bonds. The summed E-state index contributed by atoms with van der Waals surface area (Å²) in [6.45, 7) is 2.67. The lowest BCUT2D eigenvalue weighted by atomic mass is 9.96. The van der Waals surface area contributed by atoms with E-state index in [2.05, 4.69) is 15.2 Å². The molecule has 6 nitrogen and oxygen atoms in total. The van der Waals surface area contributed by atoms with Crippen LogP contribution in [0.3, 0.4) is 0 Å². The number of amides is 1. The molecule has 7 heteroatoms. The normalized spacial score (nSPS) is 20.3. The number of carbonyl (C=O) groups excluding carboxylic acids is 1. The molecule has 25 heavy (non-hydrogen) atoms. The number of aromatic nitrogens is 1. The molecule has 0 radical (unpaired) electrons. The van der Waals surface area contributed by atoms with Crippen LogP contribution in [0.25, 0.3) is 0 Å². The van der Waals surface area contributed by atoms with E-state index >= 15 is 0 Å². The van der Waals surface area contributed by atoms with Gasteiger partial charge in [0.15, 0.2) is 0 Å². The summed E-state index contributed by atoms with van der Waals surface area (Å²) in [4.78, 5) is 18.6. The minimum Gasteiger partial charge on any atom is -0.371 e. The Labute approximate surface area is 149 Å². The molecule has 0 spiro atoms. The maximum absolute atomic E-state index is 12.2. The third-order valence-corrected chi connectivity index (χ3v) is 6.43. The maximum atomic E-state index is 12.2. The van der Waals surface area contributed by atoms with Gasteiger partial charge in [-0.25, -0.2) is 8.42 Å². The topological polar surface area (TPSA) is 79.4 Å². The second-order valence-electron chi connectivity index (χ2n) is 7.69. The Kier molecular flexibility index (Phi) is 5.32. The lowest BCUT2D eigenvalue weighted by Gasteiger charge is -2.33. The Hall–Kier alpha value is -1.63. The zero-order valence-electron chi connectivity index (χ0n) is 14.8. The number of piperidine rings is 1. The standard InChI is InChI=1S/C18H27N3O3S/c1-25(23,24)14-18(6-7-18)12-17(22)20-13-15-4-10-21(11-5-15)16-2-8-19-9-3-16/h2-3,8-9,15H,4-7,10-14H2,1H3,(H,20,22). The summed E-state index contributed by atoms with van der Waals surface area (Å²) in [5.74, 6) is 0.627. The highest BCUT2D eigenvalue weighted by Gasteiger charge is 2.46. The van der Waals surface area contributed by atoms with Gasteiger partial charge in [-0.1, -0.05) is 0 Å². The molecule has 0 bridgehead atoms. The Bertz CT molecular complexity index is 694. The Balaban J connectivity index is 1.39. The van der Waals surface area contributed by atoms with E-state index in [9.17, 15) is 13.2 Å². The fourth-order valence-electron chi connectivity index (χ4n) is 3.72. The molecule has 1 aliphatic heterocycles. The predicted octanol–water partition coefficient (Wildman–Crippen LogP) is 1.63. The monoisotopic (exact) mass is 365 g/mol. The van der Waals surface area contributed by atoms with Crippen LogP contribution in [0.1, 0.15) is 32.1 Å². The molecule has 1 aliphatic carbocycles. The molecule has 0 atom stereocenters. The molecule has 1 aromatic rings. The van der Waals surface area contributed by atoms with Crippen molar-refractivity contribution in [2.24, 2.45) is 11.3 Å². The fourth-order valence-corrected chi connectivity index (χ4v) is 5.22. The number of nitrogens with zero attached hydrogens (tertiary/aromatic N) is 2. The van der Waals surface area contributed by atoms with Crippen LogP contribution in [0.4, 0.5) is 5.69 Å². The molecule has 2 fully saturated rings. The van der Waals surface area contributed by atoms with Gasteiger partial charge < -0.3 is 10.2 Å². The molecule has 1 N–H and O–H groups in total. The van der Waals surface area contributed by atoms with Crippen LogP contribution < -0.4 is 10.2 Å². The number of hydrogen-bond acceptors (Lipinski definition) is 5. The first-order valence-electron chi connectivity index (χ1n) is 8.95. The number of sulfone groups is 1. The quantitative estimate of drug-likeness (QED) is 0.794. The van der Waals surface area contributed by atoms with Crippen molar-refractivity contribution >= 4 is 21.4 Å². The highest BCUT2D eigenvalue weighted by molar-refractivity contribution is 7.90. The molecule has 3 rings (SSSR count). The summed E-state index contributed by atoms with van der Waals surface area (Å²) in [5, 5.41) is 3.03. The van der Waals surface area contributed by atoms with Gasteiger partial charge in [-0.15, -0.1) is 0 Å². The lowest BCUT2D eigenvalue weighted by molar-refractivity contribution is -0.122. The van der Waals surface area contributed by atoms with Crippen LogP contribution in [0.2, 0.25) is 0 Å². The van der Waals surface area contributed by atoms with E-state index in [1.54, 1.807) is 0 Å². The molecule has 0 unspecified atom stereocenters. The van der Waals surface area contributed by atoms with E-state index in [1.807, 2.05) is 24.5 Å². The highest BCUT2D eigenvalue weighted by Crippen LogP contribution is 2.49. The SMILES string of the molecule is CS(=O)(=O)CC1(CC(=O)NCC2CCN(c3ccncc3)CC2)CC1. The van der Waals surface area contributed by atoms with E-state index in [0.29, 0.717) is 18.9 Å². The van der Waals surface area contributed by atoms with E-state index in [0.717, 1.165) is 38.8 Å². The second-order valence-corrected chi connectivity index (χ2v) is 9.83. The van der Waals surface area contributed by atoms with E-state index in [1.165, 1.54) is 11.9 Å². The Morgan fingerprint density at radius 1 is 1.28 bits per heavy atom. The third-order valence-electron chi connectivity index (χ3n) is 5.29. The van der Waals surface area contributed by atoms with Crippen molar-refractivity contribution in [1.29, 1.82) is 0 Å².